The Morgan fingerprint density at radius 3 is 2.44 bits per heavy atom. The fourth-order valence-corrected chi connectivity index (χ4v) is 2.77. The fraction of sp³-hybridized carbons (Fsp3) is 0.909. The van der Waals surface area contributed by atoms with Crippen molar-refractivity contribution in [1.29, 1.82) is 0 Å². The lowest BCUT2D eigenvalue weighted by atomic mass is 9.88. The first-order valence-corrected chi connectivity index (χ1v) is 5.99. The van der Waals surface area contributed by atoms with E-state index in [4.69, 9.17) is 0 Å². The van der Waals surface area contributed by atoms with Crippen LogP contribution in [0.5, 0.6) is 0 Å². The number of carbonyl (C=O) groups is 1. The molecule has 0 aromatic carbocycles. The van der Waals surface area contributed by atoms with E-state index in [1.54, 1.807) is 0 Å². The SMILES string of the molecule is O=C(C(F)F)N1CCC(C2CCCN2)CC1. The van der Waals surface area contributed by atoms with Crippen molar-refractivity contribution in [2.24, 2.45) is 5.92 Å². The van der Waals surface area contributed by atoms with E-state index in [0.717, 1.165) is 19.4 Å². The lowest BCUT2D eigenvalue weighted by Crippen LogP contribution is -2.45. The van der Waals surface area contributed by atoms with Gasteiger partial charge < -0.3 is 10.2 Å². The summed E-state index contributed by atoms with van der Waals surface area (Å²) in [6.45, 7) is 2.05. The second-order valence-electron chi connectivity index (χ2n) is 4.67. The van der Waals surface area contributed by atoms with Gasteiger partial charge in [0.2, 0.25) is 0 Å². The van der Waals surface area contributed by atoms with Crippen LogP contribution in [0.25, 0.3) is 0 Å². The first-order chi connectivity index (χ1) is 7.68. The third-order valence-corrected chi connectivity index (χ3v) is 3.71. The summed E-state index contributed by atoms with van der Waals surface area (Å²) in [5.41, 5.74) is 0. The molecule has 1 amide bonds. The van der Waals surface area contributed by atoms with Crippen LogP contribution < -0.4 is 5.32 Å². The van der Waals surface area contributed by atoms with E-state index in [9.17, 15) is 13.6 Å². The highest BCUT2D eigenvalue weighted by atomic mass is 19.3. The molecule has 2 fully saturated rings. The number of hydrogen-bond acceptors (Lipinski definition) is 2. The van der Waals surface area contributed by atoms with Crippen LogP contribution in [0.2, 0.25) is 0 Å². The molecule has 2 heterocycles. The molecular formula is C11H18F2N2O. The van der Waals surface area contributed by atoms with Crippen LogP contribution in [0.15, 0.2) is 0 Å². The van der Waals surface area contributed by atoms with Gasteiger partial charge in [-0.3, -0.25) is 4.79 Å². The molecule has 0 radical (unpaired) electrons. The van der Waals surface area contributed by atoms with Gasteiger partial charge in [0, 0.05) is 19.1 Å². The minimum absolute atomic E-state index is 0.492. The smallest absolute Gasteiger partial charge is 0.315 e. The minimum atomic E-state index is -2.85. The van der Waals surface area contributed by atoms with Crippen molar-refractivity contribution in [2.45, 2.75) is 38.2 Å². The van der Waals surface area contributed by atoms with E-state index < -0.39 is 12.3 Å². The Morgan fingerprint density at radius 1 is 1.25 bits per heavy atom. The average molecular weight is 232 g/mol. The van der Waals surface area contributed by atoms with E-state index in [1.807, 2.05) is 0 Å². The van der Waals surface area contributed by atoms with E-state index in [1.165, 1.54) is 17.7 Å². The molecule has 3 nitrogen and oxygen atoms in total. The summed E-state index contributed by atoms with van der Waals surface area (Å²) < 4.78 is 24.4. The maximum absolute atomic E-state index is 12.2. The van der Waals surface area contributed by atoms with Gasteiger partial charge in [0.25, 0.3) is 5.91 Å². The zero-order chi connectivity index (χ0) is 11.5. The molecular weight excluding hydrogens is 214 g/mol. The van der Waals surface area contributed by atoms with Gasteiger partial charge in [-0.1, -0.05) is 0 Å². The summed E-state index contributed by atoms with van der Waals surface area (Å²) in [4.78, 5) is 12.4. The highest BCUT2D eigenvalue weighted by Crippen LogP contribution is 2.26. The third kappa shape index (κ3) is 2.51. The Balaban J connectivity index is 1.80. The van der Waals surface area contributed by atoms with Crippen molar-refractivity contribution in [3.63, 3.8) is 0 Å². The van der Waals surface area contributed by atoms with Crippen LogP contribution in [-0.2, 0) is 4.79 Å². The molecule has 2 saturated heterocycles. The molecule has 2 rings (SSSR count). The number of rotatable bonds is 2. The maximum atomic E-state index is 12.2. The Kier molecular flexibility index (Phi) is 3.74. The summed E-state index contributed by atoms with van der Waals surface area (Å²) in [6.07, 6.45) is 1.27. The Hall–Kier alpha value is -0.710. The second kappa shape index (κ2) is 5.08. The average Bonchev–Trinajstić information content (AvgIpc) is 2.81. The highest BCUT2D eigenvalue weighted by molar-refractivity contribution is 5.79. The normalized spacial score (nSPS) is 27.7. The molecule has 92 valence electrons. The molecule has 1 N–H and O–H groups in total. The van der Waals surface area contributed by atoms with Gasteiger partial charge in [-0.15, -0.1) is 0 Å². The summed E-state index contributed by atoms with van der Waals surface area (Å²) in [5.74, 6) is -0.443. The number of alkyl halides is 2. The second-order valence-corrected chi connectivity index (χ2v) is 4.67. The number of carbonyl (C=O) groups excluding carboxylic acids is 1. The van der Waals surface area contributed by atoms with Crippen LogP contribution in [-0.4, -0.2) is 42.9 Å². The third-order valence-electron chi connectivity index (χ3n) is 3.71. The van der Waals surface area contributed by atoms with Crippen LogP contribution in [0.1, 0.15) is 25.7 Å². The molecule has 2 aliphatic rings. The quantitative estimate of drug-likeness (QED) is 0.777. The van der Waals surface area contributed by atoms with Crippen LogP contribution in [0.4, 0.5) is 8.78 Å². The van der Waals surface area contributed by atoms with E-state index in [2.05, 4.69) is 5.32 Å². The summed E-state index contributed by atoms with van der Waals surface area (Å²) >= 11 is 0. The van der Waals surface area contributed by atoms with Crippen molar-refractivity contribution in [3.05, 3.63) is 0 Å². The van der Waals surface area contributed by atoms with Gasteiger partial charge in [0.05, 0.1) is 0 Å². The van der Waals surface area contributed by atoms with Crippen molar-refractivity contribution >= 4 is 5.91 Å². The largest absolute Gasteiger partial charge is 0.338 e. The first kappa shape index (κ1) is 11.8. The van der Waals surface area contributed by atoms with Crippen molar-refractivity contribution in [3.8, 4) is 0 Å². The molecule has 0 bridgehead atoms. The summed E-state index contributed by atoms with van der Waals surface area (Å²) in [6, 6.07) is 0.545. The van der Waals surface area contributed by atoms with Crippen molar-refractivity contribution < 1.29 is 13.6 Å². The Bertz CT molecular complexity index is 246. The van der Waals surface area contributed by atoms with Crippen molar-refractivity contribution in [1.82, 2.24) is 10.2 Å². The maximum Gasteiger partial charge on any atom is 0.315 e. The molecule has 16 heavy (non-hydrogen) atoms. The van der Waals surface area contributed by atoms with Gasteiger partial charge in [-0.2, -0.15) is 8.78 Å². The summed E-state index contributed by atoms with van der Waals surface area (Å²) in [5, 5.41) is 3.44. The topological polar surface area (TPSA) is 32.3 Å². The van der Waals surface area contributed by atoms with Gasteiger partial charge >= 0.3 is 6.43 Å². The molecule has 0 spiro atoms. The minimum Gasteiger partial charge on any atom is -0.338 e. The van der Waals surface area contributed by atoms with E-state index in [-0.39, 0.29) is 0 Å². The monoisotopic (exact) mass is 232 g/mol. The molecule has 5 heteroatoms. The number of nitrogens with zero attached hydrogens (tertiary/aromatic N) is 1. The van der Waals surface area contributed by atoms with Crippen molar-refractivity contribution in [2.75, 3.05) is 19.6 Å². The lowest BCUT2D eigenvalue weighted by Gasteiger charge is -2.34. The zero-order valence-electron chi connectivity index (χ0n) is 9.29. The van der Waals surface area contributed by atoms with Gasteiger partial charge in [0.15, 0.2) is 0 Å². The van der Waals surface area contributed by atoms with Gasteiger partial charge in [-0.25, -0.2) is 0 Å². The Morgan fingerprint density at radius 2 is 1.94 bits per heavy atom. The fourth-order valence-electron chi connectivity index (χ4n) is 2.77. The predicted octanol–water partition coefficient (Wildman–Crippen LogP) is 1.24. The zero-order valence-corrected chi connectivity index (χ0v) is 9.29. The number of nitrogens with one attached hydrogen (secondary N) is 1. The number of hydrogen-bond donors (Lipinski definition) is 1. The standard InChI is InChI=1S/C11H18F2N2O/c12-10(13)11(16)15-6-3-8(4-7-15)9-2-1-5-14-9/h8-10,14H,1-7H2. The molecule has 2 aliphatic heterocycles. The van der Waals surface area contributed by atoms with Crippen LogP contribution >= 0.6 is 0 Å². The van der Waals surface area contributed by atoms with Crippen LogP contribution in [0.3, 0.4) is 0 Å². The van der Waals surface area contributed by atoms with E-state index >= 15 is 0 Å². The summed E-state index contributed by atoms with van der Waals surface area (Å²) in [7, 11) is 0. The number of likely N-dealkylation sites (tertiary alicyclic amines) is 1. The predicted molar refractivity (Wildman–Crippen MR) is 56.3 cm³/mol. The van der Waals surface area contributed by atoms with Crippen LogP contribution in [0, 0.1) is 5.92 Å². The highest BCUT2D eigenvalue weighted by Gasteiger charge is 2.32. The molecule has 0 aliphatic carbocycles. The number of halogens is 2. The molecule has 0 saturated carbocycles. The van der Waals surface area contributed by atoms with Gasteiger partial charge in [0.1, 0.15) is 0 Å². The molecule has 0 aromatic rings. The Labute approximate surface area is 94.2 Å². The number of piperidine rings is 1. The molecule has 0 aromatic heterocycles. The molecule has 1 unspecified atom stereocenters. The number of amides is 1. The lowest BCUT2D eigenvalue weighted by molar-refractivity contribution is -0.144. The van der Waals surface area contributed by atoms with E-state index in [0.29, 0.717) is 25.0 Å². The first-order valence-electron chi connectivity index (χ1n) is 5.99. The van der Waals surface area contributed by atoms with Gasteiger partial charge in [-0.05, 0) is 38.1 Å². The molecule has 1 atom stereocenters.